The molecule has 0 bridgehead atoms. The summed E-state index contributed by atoms with van der Waals surface area (Å²) in [6.07, 6.45) is 2.03. The van der Waals surface area contributed by atoms with Crippen LogP contribution in [0.2, 0.25) is 0 Å². The lowest BCUT2D eigenvalue weighted by molar-refractivity contribution is -0.143. The van der Waals surface area contributed by atoms with Crippen molar-refractivity contribution in [1.29, 1.82) is 0 Å². The number of aliphatic hydroxyl groups is 1. The summed E-state index contributed by atoms with van der Waals surface area (Å²) in [7, 11) is 0. The molecule has 9 N–H and O–H groups in total. The second-order valence-electron chi connectivity index (χ2n) is 8.07. The first kappa shape index (κ1) is 28.8. The Hall–Kier alpha value is -2.24. The van der Waals surface area contributed by atoms with E-state index in [-0.39, 0.29) is 18.3 Å². The molecule has 0 aromatic heterocycles. The molecule has 5 unspecified atom stereocenters. The maximum atomic E-state index is 12.7. The van der Waals surface area contributed by atoms with Gasteiger partial charge in [0.05, 0.1) is 12.6 Å². The lowest BCUT2D eigenvalue weighted by atomic mass is 9.99. The number of carbonyl (C=O) groups is 4. The molecule has 0 aromatic rings. The van der Waals surface area contributed by atoms with Gasteiger partial charge in [-0.2, -0.15) is 0 Å². The van der Waals surface area contributed by atoms with Gasteiger partial charge in [-0.1, -0.05) is 34.1 Å². The van der Waals surface area contributed by atoms with Crippen LogP contribution in [0.4, 0.5) is 0 Å². The average Bonchev–Trinajstić information content (AvgIpc) is 2.72. The number of nitrogens with two attached hydrogens (primary N) is 2. The van der Waals surface area contributed by atoms with Crippen LogP contribution in [0.15, 0.2) is 0 Å². The van der Waals surface area contributed by atoms with Gasteiger partial charge in [-0.05, 0) is 37.6 Å². The molecule has 0 fully saturated rings. The zero-order chi connectivity index (χ0) is 24.1. The monoisotopic (exact) mass is 445 g/mol. The Bertz CT molecular complexity index is 601. The molecule has 0 aromatic carbocycles. The van der Waals surface area contributed by atoms with Crippen molar-refractivity contribution in [2.24, 2.45) is 23.3 Å². The van der Waals surface area contributed by atoms with Gasteiger partial charge in [0.1, 0.15) is 18.1 Å². The number of aliphatic carboxylic acids is 1. The Balaban J connectivity index is 5.15. The zero-order valence-corrected chi connectivity index (χ0v) is 18.9. The van der Waals surface area contributed by atoms with Crippen LogP contribution in [0, 0.1) is 11.8 Å². The summed E-state index contributed by atoms with van der Waals surface area (Å²) in [5.41, 5.74) is 11.3. The molecular weight excluding hydrogens is 406 g/mol. The quantitative estimate of drug-likeness (QED) is 0.150. The largest absolute Gasteiger partial charge is 0.480 e. The SMILES string of the molecule is CCC(C)C(N)C(=O)NC(CO)C(=O)NC(C(=O)NC(CCCCN)C(=O)O)C(C)C. The molecule has 0 aliphatic heterocycles. The molecule has 0 saturated carbocycles. The summed E-state index contributed by atoms with van der Waals surface area (Å²) >= 11 is 0. The predicted octanol–water partition coefficient (Wildman–Crippen LogP) is -1.32. The molecule has 0 heterocycles. The maximum absolute atomic E-state index is 12.7. The summed E-state index contributed by atoms with van der Waals surface area (Å²) < 4.78 is 0. The first-order valence-electron chi connectivity index (χ1n) is 10.7. The summed E-state index contributed by atoms with van der Waals surface area (Å²) in [5.74, 6) is -3.69. The molecule has 180 valence electrons. The Morgan fingerprint density at radius 1 is 0.903 bits per heavy atom. The Morgan fingerprint density at radius 2 is 1.48 bits per heavy atom. The number of nitrogens with one attached hydrogen (secondary N) is 3. The number of rotatable bonds is 15. The van der Waals surface area contributed by atoms with Crippen molar-refractivity contribution in [2.45, 2.75) is 77.5 Å². The van der Waals surface area contributed by atoms with Gasteiger partial charge in [-0.15, -0.1) is 0 Å². The van der Waals surface area contributed by atoms with Crippen LogP contribution in [0.3, 0.4) is 0 Å². The number of amides is 3. The number of hydrogen-bond acceptors (Lipinski definition) is 7. The molecule has 0 rings (SSSR count). The van der Waals surface area contributed by atoms with Crippen molar-refractivity contribution in [3.05, 3.63) is 0 Å². The summed E-state index contributed by atoms with van der Waals surface area (Å²) in [6, 6.07) is -4.31. The fourth-order valence-electron chi connectivity index (χ4n) is 2.77. The maximum Gasteiger partial charge on any atom is 0.326 e. The third kappa shape index (κ3) is 10.1. The van der Waals surface area contributed by atoms with E-state index in [4.69, 9.17) is 11.5 Å². The van der Waals surface area contributed by atoms with Crippen LogP contribution in [-0.4, -0.2) is 71.2 Å². The zero-order valence-electron chi connectivity index (χ0n) is 18.9. The van der Waals surface area contributed by atoms with E-state index < -0.39 is 54.5 Å². The molecule has 11 nitrogen and oxygen atoms in total. The van der Waals surface area contributed by atoms with Crippen molar-refractivity contribution in [2.75, 3.05) is 13.2 Å². The van der Waals surface area contributed by atoms with Gasteiger partial charge in [-0.3, -0.25) is 14.4 Å². The smallest absolute Gasteiger partial charge is 0.326 e. The highest BCUT2D eigenvalue weighted by Crippen LogP contribution is 2.08. The van der Waals surface area contributed by atoms with Crippen molar-refractivity contribution < 1.29 is 29.4 Å². The molecule has 3 amide bonds. The van der Waals surface area contributed by atoms with Crippen molar-refractivity contribution in [3.8, 4) is 0 Å². The van der Waals surface area contributed by atoms with E-state index in [1.165, 1.54) is 0 Å². The number of carboxylic acids is 1. The number of carbonyl (C=O) groups excluding carboxylic acids is 3. The second kappa shape index (κ2) is 14.7. The molecule has 0 aliphatic carbocycles. The highest BCUT2D eigenvalue weighted by Gasteiger charge is 2.32. The third-order valence-corrected chi connectivity index (χ3v) is 5.18. The highest BCUT2D eigenvalue weighted by molar-refractivity contribution is 5.94. The first-order chi connectivity index (χ1) is 14.5. The Labute approximate surface area is 183 Å². The summed E-state index contributed by atoms with van der Waals surface area (Å²) in [6.45, 7) is 6.76. The number of hydrogen-bond donors (Lipinski definition) is 7. The van der Waals surface area contributed by atoms with Crippen LogP contribution < -0.4 is 27.4 Å². The van der Waals surface area contributed by atoms with Crippen molar-refractivity contribution >= 4 is 23.7 Å². The minimum Gasteiger partial charge on any atom is -0.480 e. The van der Waals surface area contributed by atoms with Gasteiger partial charge >= 0.3 is 5.97 Å². The van der Waals surface area contributed by atoms with Crippen LogP contribution in [-0.2, 0) is 19.2 Å². The Kier molecular flexibility index (Phi) is 13.6. The van der Waals surface area contributed by atoms with E-state index in [0.29, 0.717) is 25.8 Å². The van der Waals surface area contributed by atoms with E-state index in [2.05, 4.69) is 16.0 Å². The van der Waals surface area contributed by atoms with Gasteiger partial charge in [0.15, 0.2) is 0 Å². The van der Waals surface area contributed by atoms with Crippen LogP contribution >= 0.6 is 0 Å². The van der Waals surface area contributed by atoms with E-state index in [1.807, 2.05) is 6.92 Å². The van der Waals surface area contributed by atoms with E-state index in [9.17, 15) is 29.4 Å². The van der Waals surface area contributed by atoms with Gasteiger partial charge in [0.2, 0.25) is 17.7 Å². The lowest BCUT2D eigenvalue weighted by Crippen LogP contribution is -2.59. The fraction of sp³-hybridized carbons (Fsp3) is 0.800. The standard InChI is InChI=1S/C20H39N5O6/c1-5-12(4)15(22)18(28)24-14(10-26)17(27)25-16(11(2)3)19(29)23-13(20(30)31)8-6-7-9-21/h11-16,26H,5-10,21-22H2,1-4H3,(H,23,29)(H,24,28)(H,25,27)(H,30,31). The fourth-order valence-corrected chi connectivity index (χ4v) is 2.77. The third-order valence-electron chi connectivity index (χ3n) is 5.18. The molecule has 0 aliphatic rings. The molecule has 31 heavy (non-hydrogen) atoms. The average molecular weight is 446 g/mol. The van der Waals surface area contributed by atoms with Gasteiger partial charge in [-0.25, -0.2) is 4.79 Å². The van der Waals surface area contributed by atoms with E-state index in [1.54, 1.807) is 20.8 Å². The van der Waals surface area contributed by atoms with E-state index in [0.717, 1.165) is 0 Å². The molecule has 0 spiro atoms. The topological polar surface area (TPSA) is 197 Å². The summed E-state index contributed by atoms with van der Waals surface area (Å²) in [5, 5.41) is 26.2. The second-order valence-corrected chi connectivity index (χ2v) is 8.07. The molecule has 5 atom stereocenters. The van der Waals surface area contributed by atoms with Crippen LogP contribution in [0.25, 0.3) is 0 Å². The summed E-state index contributed by atoms with van der Waals surface area (Å²) in [4.78, 5) is 48.9. The van der Waals surface area contributed by atoms with Gasteiger partial charge < -0.3 is 37.6 Å². The first-order valence-corrected chi connectivity index (χ1v) is 10.7. The van der Waals surface area contributed by atoms with Gasteiger partial charge in [0, 0.05) is 0 Å². The molecular formula is C20H39N5O6. The predicted molar refractivity (Wildman–Crippen MR) is 116 cm³/mol. The lowest BCUT2D eigenvalue weighted by Gasteiger charge is -2.27. The van der Waals surface area contributed by atoms with Gasteiger partial charge in [0.25, 0.3) is 0 Å². The van der Waals surface area contributed by atoms with Crippen LogP contribution in [0.1, 0.15) is 53.4 Å². The van der Waals surface area contributed by atoms with Crippen molar-refractivity contribution in [1.82, 2.24) is 16.0 Å². The highest BCUT2D eigenvalue weighted by atomic mass is 16.4. The van der Waals surface area contributed by atoms with Crippen molar-refractivity contribution in [3.63, 3.8) is 0 Å². The number of unbranched alkanes of at least 4 members (excludes halogenated alkanes) is 1. The normalized spacial score (nSPS) is 16.0. The minimum atomic E-state index is -1.29. The molecule has 0 saturated heterocycles. The van der Waals surface area contributed by atoms with Crippen LogP contribution in [0.5, 0.6) is 0 Å². The molecule has 11 heteroatoms. The van der Waals surface area contributed by atoms with E-state index >= 15 is 0 Å². The Morgan fingerprint density at radius 3 is 1.94 bits per heavy atom. The number of carboxylic acid groups (broad SMARTS) is 1. The molecule has 0 radical (unpaired) electrons. The number of aliphatic hydroxyl groups excluding tert-OH is 1. The minimum absolute atomic E-state index is 0.121.